The Morgan fingerprint density at radius 1 is 1.31 bits per heavy atom. The second kappa shape index (κ2) is 4.43. The summed E-state index contributed by atoms with van der Waals surface area (Å²) in [5.41, 5.74) is 0. The summed E-state index contributed by atoms with van der Waals surface area (Å²) in [7, 11) is 0. The maximum atomic E-state index is 5.74. The molecule has 0 amide bonds. The second-order valence-electron chi connectivity index (χ2n) is 4.33. The van der Waals surface area contributed by atoms with Gasteiger partial charge in [-0.25, -0.2) is 0 Å². The highest BCUT2D eigenvalue weighted by Gasteiger charge is 2.28. The molecule has 0 spiro atoms. The molecule has 0 bridgehead atoms. The summed E-state index contributed by atoms with van der Waals surface area (Å²) in [6, 6.07) is 0.866. The molecule has 2 aliphatic heterocycles. The molecule has 2 nitrogen and oxygen atoms in total. The number of rotatable bonds is 3. The molecule has 2 atom stereocenters. The Morgan fingerprint density at radius 3 is 2.77 bits per heavy atom. The molecular weight excluding hydrogens is 162 g/mol. The topological polar surface area (TPSA) is 12.5 Å². The van der Waals surface area contributed by atoms with E-state index in [0.29, 0.717) is 6.10 Å². The second-order valence-corrected chi connectivity index (χ2v) is 4.33. The minimum absolute atomic E-state index is 0.545. The average molecular weight is 183 g/mol. The molecule has 2 heteroatoms. The minimum Gasteiger partial charge on any atom is -0.377 e. The van der Waals surface area contributed by atoms with E-state index in [0.717, 1.165) is 12.6 Å². The predicted octanol–water partition coefficient (Wildman–Crippen LogP) is 2.04. The number of ether oxygens (including phenoxy) is 1. The van der Waals surface area contributed by atoms with Gasteiger partial charge in [0, 0.05) is 25.7 Å². The van der Waals surface area contributed by atoms with Gasteiger partial charge < -0.3 is 4.74 Å². The highest BCUT2D eigenvalue weighted by atomic mass is 16.5. The zero-order chi connectivity index (χ0) is 9.10. The third-order valence-corrected chi connectivity index (χ3v) is 3.45. The molecule has 2 aliphatic rings. The molecule has 0 aromatic heterocycles. The Balaban J connectivity index is 1.70. The van der Waals surface area contributed by atoms with Crippen LogP contribution in [0, 0.1) is 0 Å². The third-order valence-electron chi connectivity index (χ3n) is 3.45. The van der Waals surface area contributed by atoms with Crippen LogP contribution in [-0.4, -0.2) is 36.7 Å². The molecule has 0 aromatic carbocycles. The van der Waals surface area contributed by atoms with Crippen molar-refractivity contribution < 1.29 is 4.74 Å². The van der Waals surface area contributed by atoms with Crippen LogP contribution in [0.15, 0.2) is 0 Å². The summed E-state index contributed by atoms with van der Waals surface area (Å²) in [4.78, 5) is 2.59. The molecule has 2 saturated heterocycles. The van der Waals surface area contributed by atoms with E-state index in [1.807, 2.05) is 0 Å². The van der Waals surface area contributed by atoms with Gasteiger partial charge in [0.1, 0.15) is 0 Å². The molecule has 2 fully saturated rings. The van der Waals surface area contributed by atoms with Crippen LogP contribution < -0.4 is 0 Å². The molecular formula is C11H21NO. The van der Waals surface area contributed by atoms with E-state index in [1.54, 1.807) is 0 Å². The van der Waals surface area contributed by atoms with Crippen molar-refractivity contribution >= 4 is 0 Å². The zero-order valence-electron chi connectivity index (χ0n) is 8.67. The maximum absolute atomic E-state index is 5.74. The Labute approximate surface area is 81.3 Å². The van der Waals surface area contributed by atoms with Gasteiger partial charge in [-0.3, -0.25) is 4.90 Å². The van der Waals surface area contributed by atoms with Crippen LogP contribution in [-0.2, 0) is 4.74 Å². The van der Waals surface area contributed by atoms with Gasteiger partial charge in [-0.2, -0.15) is 0 Å². The zero-order valence-corrected chi connectivity index (χ0v) is 8.67. The quantitative estimate of drug-likeness (QED) is 0.664. The van der Waals surface area contributed by atoms with E-state index in [1.165, 1.54) is 45.2 Å². The number of nitrogens with zero attached hydrogens (tertiary/aromatic N) is 1. The smallest absolute Gasteiger partial charge is 0.0702 e. The van der Waals surface area contributed by atoms with Crippen molar-refractivity contribution in [2.24, 2.45) is 0 Å². The Bertz CT molecular complexity index is 152. The van der Waals surface area contributed by atoms with Crippen molar-refractivity contribution in [3.8, 4) is 0 Å². The summed E-state index contributed by atoms with van der Waals surface area (Å²) in [5, 5.41) is 0. The van der Waals surface area contributed by atoms with Gasteiger partial charge in [0.15, 0.2) is 0 Å². The van der Waals surface area contributed by atoms with E-state index in [2.05, 4.69) is 11.8 Å². The van der Waals surface area contributed by atoms with E-state index >= 15 is 0 Å². The molecule has 0 radical (unpaired) electrons. The molecule has 0 saturated carbocycles. The van der Waals surface area contributed by atoms with Gasteiger partial charge in [-0.15, -0.1) is 0 Å². The van der Waals surface area contributed by atoms with Crippen LogP contribution in [0.5, 0.6) is 0 Å². The molecule has 0 aliphatic carbocycles. The minimum atomic E-state index is 0.545. The van der Waals surface area contributed by atoms with Crippen molar-refractivity contribution in [3.05, 3.63) is 0 Å². The molecule has 2 unspecified atom stereocenters. The number of likely N-dealkylation sites (tertiary alicyclic amines) is 1. The SMILES string of the molecule is CCC1CCN1CC1CCCCO1. The van der Waals surface area contributed by atoms with E-state index in [9.17, 15) is 0 Å². The van der Waals surface area contributed by atoms with Gasteiger partial charge >= 0.3 is 0 Å². The summed E-state index contributed by atoms with van der Waals surface area (Å²) in [5.74, 6) is 0. The van der Waals surface area contributed by atoms with Gasteiger partial charge in [-0.05, 0) is 32.1 Å². The van der Waals surface area contributed by atoms with E-state index in [-0.39, 0.29) is 0 Å². The van der Waals surface area contributed by atoms with Gasteiger partial charge in [0.2, 0.25) is 0 Å². The lowest BCUT2D eigenvalue weighted by Crippen LogP contribution is -2.51. The highest BCUT2D eigenvalue weighted by molar-refractivity contribution is 4.83. The van der Waals surface area contributed by atoms with Gasteiger partial charge in [-0.1, -0.05) is 6.92 Å². The number of hydrogen-bond donors (Lipinski definition) is 0. The fourth-order valence-electron chi connectivity index (χ4n) is 2.41. The van der Waals surface area contributed by atoms with Crippen LogP contribution in [0.3, 0.4) is 0 Å². The lowest BCUT2D eigenvalue weighted by atomic mass is 9.98. The Morgan fingerprint density at radius 2 is 2.23 bits per heavy atom. The normalized spacial score (nSPS) is 35.8. The van der Waals surface area contributed by atoms with Crippen LogP contribution >= 0.6 is 0 Å². The van der Waals surface area contributed by atoms with Crippen LogP contribution in [0.2, 0.25) is 0 Å². The monoisotopic (exact) mass is 183 g/mol. The lowest BCUT2D eigenvalue weighted by molar-refractivity contribution is -0.0349. The maximum Gasteiger partial charge on any atom is 0.0702 e. The molecule has 76 valence electrons. The fourth-order valence-corrected chi connectivity index (χ4v) is 2.41. The molecule has 2 rings (SSSR count). The highest BCUT2D eigenvalue weighted by Crippen LogP contribution is 2.23. The van der Waals surface area contributed by atoms with Crippen LogP contribution in [0.4, 0.5) is 0 Å². The van der Waals surface area contributed by atoms with Crippen molar-refractivity contribution in [3.63, 3.8) is 0 Å². The van der Waals surface area contributed by atoms with Crippen LogP contribution in [0.25, 0.3) is 0 Å². The Kier molecular flexibility index (Phi) is 3.23. The summed E-state index contributed by atoms with van der Waals surface area (Å²) in [6.07, 6.45) is 7.19. The summed E-state index contributed by atoms with van der Waals surface area (Å²) < 4.78 is 5.74. The van der Waals surface area contributed by atoms with E-state index < -0.39 is 0 Å². The van der Waals surface area contributed by atoms with Crippen molar-refractivity contribution in [1.82, 2.24) is 4.90 Å². The van der Waals surface area contributed by atoms with Gasteiger partial charge in [0.25, 0.3) is 0 Å². The first-order valence-corrected chi connectivity index (χ1v) is 5.76. The fraction of sp³-hybridized carbons (Fsp3) is 1.00. The molecule has 0 N–H and O–H groups in total. The largest absolute Gasteiger partial charge is 0.377 e. The van der Waals surface area contributed by atoms with Crippen molar-refractivity contribution in [2.45, 2.75) is 51.2 Å². The third kappa shape index (κ3) is 2.23. The van der Waals surface area contributed by atoms with Crippen LogP contribution in [0.1, 0.15) is 39.0 Å². The average Bonchev–Trinajstić information content (AvgIpc) is 2.15. The first-order valence-electron chi connectivity index (χ1n) is 5.76. The standard InChI is InChI=1S/C11H21NO/c1-2-10-6-7-12(10)9-11-5-3-4-8-13-11/h10-11H,2-9H2,1H3. The first-order chi connectivity index (χ1) is 6.40. The predicted molar refractivity (Wildman–Crippen MR) is 53.9 cm³/mol. The molecule has 13 heavy (non-hydrogen) atoms. The Hall–Kier alpha value is -0.0800. The van der Waals surface area contributed by atoms with Crippen molar-refractivity contribution in [1.29, 1.82) is 0 Å². The first kappa shape index (κ1) is 9.47. The lowest BCUT2D eigenvalue weighted by Gasteiger charge is -2.43. The van der Waals surface area contributed by atoms with Crippen molar-refractivity contribution in [2.75, 3.05) is 19.7 Å². The molecule has 0 aromatic rings. The molecule has 2 heterocycles. The number of hydrogen-bond acceptors (Lipinski definition) is 2. The summed E-state index contributed by atoms with van der Waals surface area (Å²) >= 11 is 0. The van der Waals surface area contributed by atoms with Gasteiger partial charge in [0.05, 0.1) is 6.10 Å². The summed E-state index contributed by atoms with van der Waals surface area (Å²) in [6.45, 7) is 5.78. The van der Waals surface area contributed by atoms with E-state index in [4.69, 9.17) is 4.74 Å².